The third kappa shape index (κ3) is 4.27. The molecule has 8 nitrogen and oxygen atoms in total. The van der Waals surface area contributed by atoms with Crippen LogP contribution in [0, 0.1) is 10.1 Å². The Morgan fingerprint density at radius 1 is 0.906 bits per heavy atom. The third-order valence-corrected chi connectivity index (χ3v) is 6.11. The maximum Gasteiger partial charge on any atom is 0.277 e. The quantitative estimate of drug-likeness (QED) is 0.378. The van der Waals surface area contributed by atoms with Gasteiger partial charge in [-0.1, -0.05) is 37.3 Å². The summed E-state index contributed by atoms with van der Waals surface area (Å²) >= 11 is 0. The second kappa shape index (κ2) is 9.32. The molecule has 2 amide bonds. The highest BCUT2D eigenvalue weighted by Gasteiger charge is 2.41. The Labute approximate surface area is 186 Å². The molecule has 166 valence electrons. The zero-order chi connectivity index (χ0) is 22.7. The molecule has 0 unspecified atom stereocenters. The summed E-state index contributed by atoms with van der Waals surface area (Å²) in [5, 5.41) is 11.0. The van der Waals surface area contributed by atoms with Crippen molar-refractivity contribution < 1.29 is 14.5 Å². The molecule has 2 aliphatic heterocycles. The molecule has 0 radical (unpaired) electrons. The molecule has 0 spiro atoms. The predicted molar refractivity (Wildman–Crippen MR) is 121 cm³/mol. The average molecular weight is 434 g/mol. The van der Waals surface area contributed by atoms with Crippen LogP contribution < -0.4 is 0 Å². The number of nitro benzene ring substituents is 1. The first kappa shape index (κ1) is 21.7. The van der Waals surface area contributed by atoms with Crippen molar-refractivity contribution in [2.75, 3.05) is 39.3 Å². The Bertz CT molecular complexity index is 1040. The molecule has 0 bridgehead atoms. The fourth-order valence-electron chi connectivity index (χ4n) is 4.24. The van der Waals surface area contributed by atoms with E-state index >= 15 is 0 Å². The van der Waals surface area contributed by atoms with Crippen molar-refractivity contribution in [3.8, 4) is 0 Å². The standard InChI is InChI=1S/C24H26N4O4/c1-2-25-14-16-26(17-15-25)22-21(19-8-10-20(11-9-19)28(31)32)23(29)27(24(22)30)13-12-18-6-4-3-5-7-18/h3-11H,2,12-17H2,1H3. The molecule has 2 aromatic rings. The summed E-state index contributed by atoms with van der Waals surface area (Å²) in [6.07, 6.45) is 0.572. The van der Waals surface area contributed by atoms with Crippen molar-refractivity contribution in [2.24, 2.45) is 0 Å². The van der Waals surface area contributed by atoms with Gasteiger partial charge >= 0.3 is 0 Å². The number of carbonyl (C=O) groups is 2. The lowest BCUT2D eigenvalue weighted by molar-refractivity contribution is -0.384. The van der Waals surface area contributed by atoms with Crippen LogP contribution in [0.15, 0.2) is 60.3 Å². The lowest BCUT2D eigenvalue weighted by Crippen LogP contribution is -2.47. The van der Waals surface area contributed by atoms with Crippen molar-refractivity contribution in [3.05, 3.63) is 81.5 Å². The third-order valence-electron chi connectivity index (χ3n) is 6.11. The molecule has 4 rings (SSSR count). The van der Waals surface area contributed by atoms with Crippen LogP contribution in [0.1, 0.15) is 18.1 Å². The molecule has 0 saturated carbocycles. The average Bonchev–Trinajstić information content (AvgIpc) is 3.08. The molecule has 1 saturated heterocycles. The smallest absolute Gasteiger partial charge is 0.277 e. The van der Waals surface area contributed by atoms with E-state index in [1.165, 1.54) is 17.0 Å². The molecular formula is C24H26N4O4. The monoisotopic (exact) mass is 434 g/mol. The first-order chi connectivity index (χ1) is 15.5. The summed E-state index contributed by atoms with van der Waals surface area (Å²) in [5.41, 5.74) is 2.28. The van der Waals surface area contributed by atoms with E-state index in [4.69, 9.17) is 0 Å². The number of benzene rings is 2. The van der Waals surface area contributed by atoms with Crippen molar-refractivity contribution in [1.82, 2.24) is 14.7 Å². The Morgan fingerprint density at radius 3 is 2.16 bits per heavy atom. The highest BCUT2D eigenvalue weighted by Crippen LogP contribution is 2.33. The summed E-state index contributed by atoms with van der Waals surface area (Å²) < 4.78 is 0. The number of nitro groups is 1. The number of likely N-dealkylation sites (N-methyl/N-ethyl adjacent to an activating group) is 1. The number of imide groups is 1. The minimum atomic E-state index is -0.475. The lowest BCUT2D eigenvalue weighted by atomic mass is 10.0. The number of piperazine rings is 1. The Balaban J connectivity index is 1.65. The van der Waals surface area contributed by atoms with E-state index in [1.807, 2.05) is 35.2 Å². The van der Waals surface area contributed by atoms with Gasteiger partial charge in [-0.25, -0.2) is 0 Å². The van der Waals surface area contributed by atoms with Crippen LogP contribution >= 0.6 is 0 Å². The van der Waals surface area contributed by atoms with Gasteiger partial charge in [-0.15, -0.1) is 0 Å². The van der Waals surface area contributed by atoms with Gasteiger partial charge in [-0.3, -0.25) is 24.6 Å². The summed E-state index contributed by atoms with van der Waals surface area (Å²) in [5.74, 6) is -0.628. The molecule has 2 aromatic carbocycles. The number of nitrogens with zero attached hydrogens (tertiary/aromatic N) is 4. The number of amides is 2. The van der Waals surface area contributed by atoms with Crippen LogP contribution in [0.25, 0.3) is 5.57 Å². The highest BCUT2D eigenvalue weighted by molar-refractivity contribution is 6.35. The van der Waals surface area contributed by atoms with Crippen LogP contribution in [0.3, 0.4) is 0 Å². The van der Waals surface area contributed by atoms with Crippen molar-refractivity contribution in [2.45, 2.75) is 13.3 Å². The Kier molecular flexibility index (Phi) is 6.32. The SMILES string of the molecule is CCN1CCN(C2=C(c3ccc([N+](=O)[O-])cc3)C(=O)N(CCc3ccccc3)C2=O)CC1. The second-order valence-corrected chi connectivity index (χ2v) is 7.95. The van der Waals surface area contributed by atoms with Gasteiger partial charge < -0.3 is 9.80 Å². The molecule has 2 aliphatic rings. The zero-order valence-electron chi connectivity index (χ0n) is 18.1. The van der Waals surface area contributed by atoms with Gasteiger partial charge in [0.05, 0.1) is 10.5 Å². The predicted octanol–water partition coefficient (Wildman–Crippen LogP) is 2.55. The fraction of sp³-hybridized carbons (Fsp3) is 0.333. The largest absolute Gasteiger partial charge is 0.364 e. The van der Waals surface area contributed by atoms with Gasteiger partial charge in [0.2, 0.25) is 0 Å². The topological polar surface area (TPSA) is 87.0 Å². The van der Waals surface area contributed by atoms with Crippen LogP contribution in [0.4, 0.5) is 5.69 Å². The minimum absolute atomic E-state index is 0.0508. The first-order valence-electron chi connectivity index (χ1n) is 10.9. The zero-order valence-corrected chi connectivity index (χ0v) is 18.1. The number of rotatable bonds is 7. The number of non-ortho nitro benzene ring substituents is 1. The minimum Gasteiger partial charge on any atom is -0.364 e. The maximum atomic E-state index is 13.4. The van der Waals surface area contributed by atoms with Crippen molar-refractivity contribution in [3.63, 3.8) is 0 Å². The van der Waals surface area contributed by atoms with Gasteiger partial charge in [0.15, 0.2) is 0 Å². The van der Waals surface area contributed by atoms with Crippen LogP contribution in [-0.2, 0) is 16.0 Å². The number of hydrogen-bond acceptors (Lipinski definition) is 6. The van der Waals surface area contributed by atoms with E-state index in [1.54, 1.807) is 12.1 Å². The summed E-state index contributed by atoms with van der Waals surface area (Å²) in [6.45, 7) is 6.29. The normalized spacial score (nSPS) is 17.4. The van der Waals surface area contributed by atoms with E-state index in [-0.39, 0.29) is 24.0 Å². The molecule has 0 N–H and O–H groups in total. The molecule has 2 heterocycles. The van der Waals surface area contributed by atoms with Gasteiger partial charge in [0, 0.05) is 44.9 Å². The number of hydrogen-bond donors (Lipinski definition) is 0. The molecule has 8 heteroatoms. The lowest BCUT2D eigenvalue weighted by Gasteiger charge is -2.36. The van der Waals surface area contributed by atoms with E-state index in [0.717, 1.165) is 25.2 Å². The van der Waals surface area contributed by atoms with Gasteiger partial charge in [-0.2, -0.15) is 0 Å². The fourth-order valence-corrected chi connectivity index (χ4v) is 4.24. The van der Waals surface area contributed by atoms with Crippen molar-refractivity contribution >= 4 is 23.1 Å². The first-order valence-corrected chi connectivity index (χ1v) is 10.9. The van der Waals surface area contributed by atoms with E-state index in [0.29, 0.717) is 36.3 Å². The van der Waals surface area contributed by atoms with E-state index < -0.39 is 4.92 Å². The summed E-state index contributed by atoms with van der Waals surface area (Å²) in [7, 11) is 0. The highest BCUT2D eigenvalue weighted by atomic mass is 16.6. The van der Waals surface area contributed by atoms with Crippen LogP contribution in [0.2, 0.25) is 0 Å². The molecule has 32 heavy (non-hydrogen) atoms. The Hall–Kier alpha value is -3.52. The van der Waals surface area contributed by atoms with E-state index in [2.05, 4.69) is 11.8 Å². The van der Waals surface area contributed by atoms with E-state index in [9.17, 15) is 19.7 Å². The van der Waals surface area contributed by atoms with Gasteiger partial charge in [0.1, 0.15) is 5.70 Å². The van der Waals surface area contributed by atoms with Crippen LogP contribution in [-0.4, -0.2) is 70.7 Å². The van der Waals surface area contributed by atoms with Crippen molar-refractivity contribution in [1.29, 1.82) is 0 Å². The molecule has 0 aromatic heterocycles. The molecular weight excluding hydrogens is 408 g/mol. The molecule has 0 aliphatic carbocycles. The molecule has 1 fully saturated rings. The molecule has 0 atom stereocenters. The maximum absolute atomic E-state index is 13.4. The van der Waals surface area contributed by atoms with Crippen LogP contribution in [0.5, 0.6) is 0 Å². The van der Waals surface area contributed by atoms with Gasteiger partial charge in [-0.05, 0) is 36.2 Å². The summed E-state index contributed by atoms with van der Waals surface area (Å²) in [4.78, 5) is 43.0. The second-order valence-electron chi connectivity index (χ2n) is 7.95. The number of carbonyl (C=O) groups excluding carboxylic acids is 2. The van der Waals surface area contributed by atoms with Gasteiger partial charge in [0.25, 0.3) is 17.5 Å². The summed E-state index contributed by atoms with van der Waals surface area (Å²) in [6, 6.07) is 15.6. The Morgan fingerprint density at radius 2 is 1.56 bits per heavy atom.